The molecule has 1 aromatic heterocycles. The van der Waals surface area contributed by atoms with E-state index >= 15 is 0 Å². The minimum absolute atomic E-state index is 0.0338. The molecule has 0 radical (unpaired) electrons. The number of nitrogens with two attached hydrogens (primary N) is 2. The van der Waals surface area contributed by atoms with E-state index < -0.39 is 0 Å². The first-order chi connectivity index (χ1) is 13.9. The fraction of sp³-hybridized carbons (Fsp3) is 0.478. The fourth-order valence-corrected chi connectivity index (χ4v) is 4.51. The number of rotatable bonds is 4. The first-order valence-electron chi connectivity index (χ1n) is 10.3. The molecule has 2 aromatic rings. The predicted molar refractivity (Wildman–Crippen MR) is 122 cm³/mol. The first kappa shape index (κ1) is 21.9. The standard InChI is InChI=1S/C23H34N6O/c1-14-13-26-18-9-16(20(30)10-19(18)27-14)17(24)7-8-21(25)29(6)15-11-22(2,3)28-23(4,5)12-15/h7-10,13,15,28,30H,11-12,24-25H2,1-6H3/b17-7-,21-8+. The normalized spacial score (nSPS) is 19.8. The van der Waals surface area contributed by atoms with Crippen LogP contribution < -0.4 is 16.8 Å². The molecule has 1 aliphatic heterocycles. The van der Waals surface area contributed by atoms with E-state index in [4.69, 9.17) is 11.5 Å². The van der Waals surface area contributed by atoms with E-state index in [0.717, 1.165) is 18.5 Å². The van der Waals surface area contributed by atoms with Crippen molar-refractivity contribution in [3.05, 3.63) is 47.6 Å². The molecule has 7 nitrogen and oxygen atoms in total. The Kier molecular flexibility index (Phi) is 5.69. The number of nitrogens with one attached hydrogen (secondary N) is 1. The van der Waals surface area contributed by atoms with Crippen molar-refractivity contribution in [1.29, 1.82) is 0 Å². The fourth-order valence-electron chi connectivity index (χ4n) is 4.51. The number of hydrogen-bond acceptors (Lipinski definition) is 7. The summed E-state index contributed by atoms with van der Waals surface area (Å²) in [6.45, 7) is 10.7. The number of aromatic hydroxyl groups is 1. The van der Waals surface area contributed by atoms with Crippen LogP contribution in [0.15, 0.2) is 36.3 Å². The number of aryl methyl sites for hydroxylation is 1. The van der Waals surface area contributed by atoms with Crippen LogP contribution in [-0.4, -0.2) is 44.1 Å². The number of piperidine rings is 1. The summed E-state index contributed by atoms with van der Waals surface area (Å²) in [6, 6.07) is 3.65. The van der Waals surface area contributed by atoms with Crippen LogP contribution in [0.1, 0.15) is 51.8 Å². The highest BCUT2D eigenvalue weighted by atomic mass is 16.3. The molecule has 0 bridgehead atoms. The number of phenolic OH excluding ortho intramolecular Hbond substituents is 1. The molecule has 162 valence electrons. The second kappa shape index (κ2) is 7.80. The Morgan fingerprint density at radius 3 is 2.40 bits per heavy atom. The molecule has 0 atom stereocenters. The molecule has 7 heteroatoms. The van der Waals surface area contributed by atoms with Crippen LogP contribution in [0, 0.1) is 6.92 Å². The lowest BCUT2D eigenvalue weighted by Gasteiger charge is -2.49. The zero-order valence-electron chi connectivity index (χ0n) is 18.8. The van der Waals surface area contributed by atoms with Crippen molar-refractivity contribution in [2.45, 2.75) is 64.6 Å². The molecule has 0 aliphatic carbocycles. The van der Waals surface area contributed by atoms with Crippen LogP contribution in [0.4, 0.5) is 0 Å². The van der Waals surface area contributed by atoms with Gasteiger partial charge in [-0.25, -0.2) is 4.98 Å². The summed E-state index contributed by atoms with van der Waals surface area (Å²) in [7, 11) is 2.02. The minimum Gasteiger partial charge on any atom is -0.507 e. The van der Waals surface area contributed by atoms with Gasteiger partial charge in [0.05, 0.1) is 22.5 Å². The minimum atomic E-state index is 0.0338. The Morgan fingerprint density at radius 1 is 1.13 bits per heavy atom. The molecule has 1 aliphatic rings. The number of hydrogen-bond donors (Lipinski definition) is 4. The lowest BCUT2D eigenvalue weighted by molar-refractivity contribution is 0.0981. The van der Waals surface area contributed by atoms with Crippen LogP contribution in [-0.2, 0) is 0 Å². The maximum absolute atomic E-state index is 10.4. The number of fused-ring (bicyclic) bond motifs is 1. The highest BCUT2D eigenvalue weighted by Gasteiger charge is 2.39. The summed E-state index contributed by atoms with van der Waals surface area (Å²) in [5, 5.41) is 14.1. The summed E-state index contributed by atoms with van der Waals surface area (Å²) in [4.78, 5) is 10.9. The quantitative estimate of drug-likeness (QED) is 0.573. The third-order valence-electron chi connectivity index (χ3n) is 5.65. The maximum Gasteiger partial charge on any atom is 0.127 e. The van der Waals surface area contributed by atoms with Gasteiger partial charge in [-0.2, -0.15) is 0 Å². The average Bonchev–Trinajstić information content (AvgIpc) is 2.62. The van der Waals surface area contributed by atoms with Gasteiger partial charge in [-0.3, -0.25) is 4.98 Å². The van der Waals surface area contributed by atoms with Crippen molar-refractivity contribution in [2.24, 2.45) is 11.5 Å². The van der Waals surface area contributed by atoms with Gasteiger partial charge in [-0.1, -0.05) is 0 Å². The van der Waals surface area contributed by atoms with Gasteiger partial charge in [0.15, 0.2) is 0 Å². The molecule has 0 spiro atoms. The monoisotopic (exact) mass is 410 g/mol. The first-order valence-corrected chi connectivity index (χ1v) is 10.3. The number of benzene rings is 1. The van der Waals surface area contributed by atoms with Crippen LogP contribution in [0.5, 0.6) is 5.75 Å². The van der Waals surface area contributed by atoms with Gasteiger partial charge < -0.3 is 26.8 Å². The third kappa shape index (κ3) is 4.84. The molecule has 30 heavy (non-hydrogen) atoms. The number of nitrogens with zero attached hydrogens (tertiary/aromatic N) is 3. The smallest absolute Gasteiger partial charge is 0.127 e. The Hall–Kier alpha value is -2.80. The summed E-state index contributed by atoms with van der Waals surface area (Å²) >= 11 is 0. The molecule has 3 rings (SSSR count). The molecule has 2 heterocycles. The molecular weight excluding hydrogens is 376 g/mol. The second-order valence-electron chi connectivity index (χ2n) is 9.65. The van der Waals surface area contributed by atoms with Gasteiger partial charge >= 0.3 is 0 Å². The van der Waals surface area contributed by atoms with Gasteiger partial charge in [0.2, 0.25) is 0 Å². The summed E-state index contributed by atoms with van der Waals surface area (Å²) in [5.41, 5.74) is 15.7. The second-order valence-corrected chi connectivity index (χ2v) is 9.65. The molecule has 6 N–H and O–H groups in total. The Balaban J connectivity index is 1.83. The van der Waals surface area contributed by atoms with E-state index in [1.54, 1.807) is 30.5 Å². The lowest BCUT2D eigenvalue weighted by Crippen LogP contribution is -2.61. The van der Waals surface area contributed by atoms with E-state index in [-0.39, 0.29) is 16.8 Å². The number of aromatic nitrogens is 2. The maximum atomic E-state index is 10.4. The lowest BCUT2D eigenvalue weighted by atomic mass is 9.79. The molecule has 0 amide bonds. The van der Waals surface area contributed by atoms with Gasteiger partial charge in [-0.05, 0) is 65.7 Å². The zero-order chi connectivity index (χ0) is 22.3. The van der Waals surface area contributed by atoms with Crippen LogP contribution >= 0.6 is 0 Å². The van der Waals surface area contributed by atoms with Crippen LogP contribution in [0.25, 0.3) is 16.7 Å². The SMILES string of the molecule is Cc1cnc2cc(/C(N)=C/C=C(\N)N(C)C3CC(C)(C)NC(C)(C)C3)c(O)cc2n1. The highest BCUT2D eigenvalue weighted by molar-refractivity contribution is 5.83. The number of phenols is 1. The van der Waals surface area contributed by atoms with Crippen LogP contribution in [0.2, 0.25) is 0 Å². The molecule has 1 fully saturated rings. The van der Waals surface area contributed by atoms with E-state index in [9.17, 15) is 5.11 Å². The molecule has 1 saturated heterocycles. The predicted octanol–water partition coefficient (Wildman–Crippen LogP) is 2.98. The Labute approximate surface area is 178 Å². The summed E-state index contributed by atoms with van der Waals surface area (Å²) in [5.74, 6) is 0.700. The van der Waals surface area contributed by atoms with E-state index in [2.05, 4.69) is 47.9 Å². The summed E-state index contributed by atoms with van der Waals surface area (Å²) in [6.07, 6.45) is 7.19. The van der Waals surface area contributed by atoms with Crippen molar-refractivity contribution >= 4 is 16.7 Å². The van der Waals surface area contributed by atoms with Crippen molar-refractivity contribution in [3.63, 3.8) is 0 Å². The summed E-state index contributed by atoms with van der Waals surface area (Å²) < 4.78 is 0. The van der Waals surface area contributed by atoms with Crippen LogP contribution in [0.3, 0.4) is 0 Å². The van der Waals surface area contributed by atoms with Gasteiger partial charge in [0.25, 0.3) is 0 Å². The topological polar surface area (TPSA) is 113 Å². The van der Waals surface area contributed by atoms with E-state index in [0.29, 0.717) is 34.2 Å². The highest BCUT2D eigenvalue weighted by Crippen LogP contribution is 2.32. The Bertz CT molecular complexity index is 992. The number of allylic oxidation sites excluding steroid dienone is 2. The van der Waals surface area contributed by atoms with Gasteiger partial charge in [0.1, 0.15) is 5.75 Å². The van der Waals surface area contributed by atoms with Gasteiger partial charge in [0, 0.05) is 47.7 Å². The largest absolute Gasteiger partial charge is 0.507 e. The zero-order valence-corrected chi connectivity index (χ0v) is 18.8. The van der Waals surface area contributed by atoms with Crippen molar-refractivity contribution in [1.82, 2.24) is 20.2 Å². The molecule has 1 aromatic carbocycles. The van der Waals surface area contributed by atoms with Crippen molar-refractivity contribution < 1.29 is 5.11 Å². The van der Waals surface area contributed by atoms with Gasteiger partial charge in [-0.15, -0.1) is 0 Å². The van der Waals surface area contributed by atoms with Crippen molar-refractivity contribution in [2.75, 3.05) is 7.05 Å². The van der Waals surface area contributed by atoms with Crippen molar-refractivity contribution in [3.8, 4) is 5.75 Å². The Morgan fingerprint density at radius 2 is 1.77 bits per heavy atom. The van der Waals surface area contributed by atoms with E-state index in [1.165, 1.54) is 0 Å². The van der Waals surface area contributed by atoms with E-state index in [1.807, 2.05) is 14.0 Å². The third-order valence-corrected chi connectivity index (χ3v) is 5.65. The molecule has 0 saturated carbocycles. The molecule has 0 unspecified atom stereocenters. The average molecular weight is 411 g/mol. The molecular formula is C23H34N6O.